The fraction of sp³-hybridized carbons (Fsp3) is 1.00. The maximum atomic E-state index is 2.43. The highest BCUT2D eigenvalue weighted by Gasteiger charge is 2.15. The van der Waals surface area contributed by atoms with Crippen molar-refractivity contribution in [3.8, 4) is 0 Å². The molecule has 0 aromatic carbocycles. The summed E-state index contributed by atoms with van der Waals surface area (Å²) in [5.41, 5.74) is 0. The number of hydrogen-bond acceptors (Lipinski definition) is 0. The van der Waals surface area contributed by atoms with E-state index < -0.39 is 0 Å². The fourth-order valence-electron chi connectivity index (χ4n) is 4.10. The Balaban J connectivity index is 4.05. The molecule has 0 aliphatic rings. The number of rotatable bonds is 19. The lowest BCUT2D eigenvalue weighted by Crippen LogP contribution is -2.09. The summed E-state index contributed by atoms with van der Waals surface area (Å²) in [5.74, 6) is 2.03. The van der Waals surface area contributed by atoms with Crippen LogP contribution in [0.15, 0.2) is 0 Å². The molecule has 0 aliphatic carbocycles. The summed E-state index contributed by atoms with van der Waals surface area (Å²) in [6.45, 7) is 9.40. The van der Waals surface area contributed by atoms with Gasteiger partial charge in [-0.05, 0) is 18.3 Å². The van der Waals surface area contributed by atoms with Gasteiger partial charge >= 0.3 is 0 Å². The van der Waals surface area contributed by atoms with Crippen molar-refractivity contribution >= 4 is 0 Å². The van der Waals surface area contributed by atoms with Crippen LogP contribution in [0.2, 0.25) is 0 Å². The first-order valence-corrected chi connectivity index (χ1v) is 11.8. The zero-order chi connectivity index (χ0) is 17.9. The van der Waals surface area contributed by atoms with Gasteiger partial charge in [0.15, 0.2) is 0 Å². The quantitative estimate of drug-likeness (QED) is 0.206. The zero-order valence-corrected chi connectivity index (χ0v) is 17.9. The lowest BCUT2D eigenvalue weighted by molar-refractivity contribution is 0.294. The molecular weight excluding hydrogens is 288 g/mol. The van der Waals surface area contributed by atoms with Gasteiger partial charge in [-0.2, -0.15) is 0 Å². The van der Waals surface area contributed by atoms with Gasteiger partial charge in [-0.15, -0.1) is 0 Å². The third kappa shape index (κ3) is 15.5. The van der Waals surface area contributed by atoms with Crippen LogP contribution in [-0.2, 0) is 0 Å². The molecule has 0 fully saturated rings. The second kappa shape index (κ2) is 19.3. The van der Waals surface area contributed by atoms with Crippen molar-refractivity contribution in [1.82, 2.24) is 0 Å². The minimum Gasteiger partial charge on any atom is -0.0654 e. The van der Waals surface area contributed by atoms with Crippen molar-refractivity contribution < 1.29 is 0 Å². The Hall–Kier alpha value is 0. The van der Waals surface area contributed by atoms with E-state index in [1.165, 1.54) is 116 Å². The predicted molar refractivity (Wildman–Crippen MR) is 113 cm³/mol. The largest absolute Gasteiger partial charge is 0.0654 e. The van der Waals surface area contributed by atoms with Gasteiger partial charge in [0.25, 0.3) is 0 Å². The van der Waals surface area contributed by atoms with Gasteiger partial charge in [0.05, 0.1) is 0 Å². The van der Waals surface area contributed by atoms with E-state index in [9.17, 15) is 0 Å². The molecule has 0 aliphatic heterocycles. The summed E-state index contributed by atoms with van der Waals surface area (Å²) in [4.78, 5) is 0. The summed E-state index contributed by atoms with van der Waals surface area (Å²) < 4.78 is 0. The highest BCUT2D eigenvalue weighted by Crippen LogP contribution is 2.29. The minimum absolute atomic E-state index is 1.01. The zero-order valence-electron chi connectivity index (χ0n) is 17.9. The molecule has 2 unspecified atom stereocenters. The average molecular weight is 339 g/mol. The lowest BCUT2D eigenvalue weighted by Gasteiger charge is -2.23. The Morgan fingerprint density at radius 2 is 0.792 bits per heavy atom. The molecule has 0 aromatic heterocycles. The molecule has 0 nitrogen and oxygen atoms in total. The van der Waals surface area contributed by atoms with Crippen molar-refractivity contribution in [1.29, 1.82) is 0 Å². The third-order valence-electron chi connectivity index (χ3n) is 5.89. The van der Waals surface area contributed by atoms with E-state index in [4.69, 9.17) is 0 Å². The van der Waals surface area contributed by atoms with Gasteiger partial charge in [0.1, 0.15) is 0 Å². The van der Waals surface area contributed by atoms with E-state index in [0.717, 1.165) is 11.8 Å². The molecule has 2 atom stereocenters. The highest BCUT2D eigenvalue weighted by atomic mass is 14.2. The first-order valence-electron chi connectivity index (χ1n) is 11.8. The fourth-order valence-corrected chi connectivity index (χ4v) is 4.10. The van der Waals surface area contributed by atoms with Gasteiger partial charge in [0.2, 0.25) is 0 Å². The van der Waals surface area contributed by atoms with Crippen molar-refractivity contribution in [2.75, 3.05) is 0 Å². The molecule has 0 radical (unpaired) electrons. The average Bonchev–Trinajstić information content (AvgIpc) is 2.60. The third-order valence-corrected chi connectivity index (χ3v) is 5.89. The van der Waals surface area contributed by atoms with Crippen molar-refractivity contribution in [3.05, 3.63) is 0 Å². The van der Waals surface area contributed by atoms with E-state index in [-0.39, 0.29) is 0 Å². The van der Waals surface area contributed by atoms with Crippen LogP contribution in [0.5, 0.6) is 0 Å². The molecule has 24 heavy (non-hydrogen) atoms. The Morgan fingerprint density at radius 1 is 0.417 bits per heavy atom. The number of unbranched alkanes of at least 4 members (excludes halogenated alkanes) is 10. The lowest BCUT2D eigenvalue weighted by atomic mass is 9.83. The van der Waals surface area contributed by atoms with Crippen LogP contribution in [-0.4, -0.2) is 0 Å². The Labute approximate surface area is 155 Å². The van der Waals surface area contributed by atoms with E-state index in [1.807, 2.05) is 0 Å². The second-order valence-corrected chi connectivity index (χ2v) is 8.28. The predicted octanol–water partition coefficient (Wildman–Crippen LogP) is 9.32. The Morgan fingerprint density at radius 3 is 1.33 bits per heavy atom. The SMILES string of the molecule is CCCCCCCCC(CCCCC)CC(CC)CCCCCC. The van der Waals surface area contributed by atoms with Crippen LogP contribution in [0, 0.1) is 11.8 Å². The number of hydrogen-bond donors (Lipinski definition) is 0. The summed E-state index contributed by atoms with van der Waals surface area (Å²) >= 11 is 0. The van der Waals surface area contributed by atoms with Crippen LogP contribution in [0.25, 0.3) is 0 Å². The molecule has 0 N–H and O–H groups in total. The molecule has 0 bridgehead atoms. The molecule has 0 heteroatoms. The maximum Gasteiger partial charge on any atom is -0.0412 e. The van der Waals surface area contributed by atoms with Crippen LogP contribution < -0.4 is 0 Å². The van der Waals surface area contributed by atoms with Gasteiger partial charge in [0, 0.05) is 0 Å². The second-order valence-electron chi connectivity index (χ2n) is 8.28. The summed E-state index contributed by atoms with van der Waals surface area (Å²) in [6.07, 6.45) is 26.2. The summed E-state index contributed by atoms with van der Waals surface area (Å²) in [5, 5.41) is 0. The van der Waals surface area contributed by atoms with Crippen LogP contribution in [0.3, 0.4) is 0 Å². The van der Waals surface area contributed by atoms with Gasteiger partial charge in [-0.3, -0.25) is 0 Å². The van der Waals surface area contributed by atoms with Crippen LogP contribution >= 0.6 is 0 Å². The van der Waals surface area contributed by atoms with Crippen LogP contribution in [0.4, 0.5) is 0 Å². The van der Waals surface area contributed by atoms with Gasteiger partial charge in [-0.25, -0.2) is 0 Å². The van der Waals surface area contributed by atoms with E-state index in [0.29, 0.717) is 0 Å². The van der Waals surface area contributed by atoms with Crippen molar-refractivity contribution in [2.45, 2.75) is 143 Å². The monoisotopic (exact) mass is 338 g/mol. The van der Waals surface area contributed by atoms with Crippen LogP contribution in [0.1, 0.15) is 143 Å². The van der Waals surface area contributed by atoms with Crippen molar-refractivity contribution in [3.63, 3.8) is 0 Å². The van der Waals surface area contributed by atoms with E-state index in [2.05, 4.69) is 27.7 Å². The molecule has 0 amide bonds. The van der Waals surface area contributed by atoms with E-state index >= 15 is 0 Å². The molecule has 0 aromatic rings. The topological polar surface area (TPSA) is 0 Å². The van der Waals surface area contributed by atoms with Gasteiger partial charge in [-0.1, -0.05) is 137 Å². The summed E-state index contributed by atoms with van der Waals surface area (Å²) in [6, 6.07) is 0. The minimum atomic E-state index is 1.01. The molecule has 0 spiro atoms. The normalized spacial score (nSPS) is 14.0. The molecule has 0 saturated heterocycles. The van der Waals surface area contributed by atoms with Crippen molar-refractivity contribution in [2.24, 2.45) is 11.8 Å². The summed E-state index contributed by atoms with van der Waals surface area (Å²) in [7, 11) is 0. The Kier molecular flexibility index (Phi) is 19.3. The maximum absolute atomic E-state index is 2.43. The van der Waals surface area contributed by atoms with Gasteiger partial charge < -0.3 is 0 Å². The highest BCUT2D eigenvalue weighted by molar-refractivity contribution is 4.67. The first-order chi connectivity index (χ1) is 11.8. The molecule has 0 heterocycles. The molecular formula is C24H50. The smallest absolute Gasteiger partial charge is 0.0412 e. The molecule has 0 saturated carbocycles. The Bertz CT molecular complexity index is 220. The standard InChI is InChI=1S/C24H50/c1-5-9-12-14-15-18-21-24(20-16-11-7-3)22-23(8-4)19-17-13-10-6-2/h23-24H,5-22H2,1-4H3. The molecule has 0 rings (SSSR count). The van der Waals surface area contributed by atoms with E-state index in [1.54, 1.807) is 0 Å². The molecule has 146 valence electrons. The first kappa shape index (κ1) is 24.0.